The third-order valence-electron chi connectivity index (χ3n) is 2.80. The highest BCUT2D eigenvalue weighted by atomic mass is 79.9. The van der Waals surface area contributed by atoms with Gasteiger partial charge in [-0.2, -0.15) is 0 Å². The minimum Gasteiger partial charge on any atom is -0.460 e. The molecule has 1 heterocycles. The molecule has 3 heteroatoms. The molecule has 0 fully saturated rings. The van der Waals surface area contributed by atoms with Crippen LogP contribution in [-0.2, 0) is 6.54 Å². The lowest BCUT2D eigenvalue weighted by Gasteiger charge is -2.06. The summed E-state index contributed by atoms with van der Waals surface area (Å²) in [5.41, 5.74) is 2.36. The zero-order valence-electron chi connectivity index (χ0n) is 11.0. The van der Waals surface area contributed by atoms with Crippen LogP contribution in [-0.4, -0.2) is 6.04 Å². The Kier molecular flexibility index (Phi) is 4.25. The monoisotopic (exact) mass is 307 g/mol. The highest BCUT2D eigenvalue weighted by molar-refractivity contribution is 9.10. The first-order valence-corrected chi connectivity index (χ1v) is 6.94. The summed E-state index contributed by atoms with van der Waals surface area (Å²) in [6, 6.07) is 10.8. The highest BCUT2D eigenvalue weighted by Gasteiger charge is 2.08. The fourth-order valence-electron chi connectivity index (χ4n) is 1.83. The third kappa shape index (κ3) is 3.24. The van der Waals surface area contributed by atoms with Gasteiger partial charge >= 0.3 is 0 Å². The van der Waals surface area contributed by atoms with Crippen LogP contribution in [0.2, 0.25) is 0 Å². The number of furan rings is 1. The number of benzene rings is 1. The van der Waals surface area contributed by atoms with E-state index in [4.69, 9.17) is 4.42 Å². The van der Waals surface area contributed by atoms with Gasteiger partial charge in [0, 0.05) is 16.1 Å². The van der Waals surface area contributed by atoms with Crippen molar-refractivity contribution in [2.45, 2.75) is 33.4 Å². The van der Waals surface area contributed by atoms with E-state index in [9.17, 15) is 0 Å². The highest BCUT2D eigenvalue weighted by Crippen LogP contribution is 2.27. The number of rotatable bonds is 4. The van der Waals surface area contributed by atoms with E-state index in [0.717, 1.165) is 28.1 Å². The van der Waals surface area contributed by atoms with Crippen LogP contribution in [0.3, 0.4) is 0 Å². The summed E-state index contributed by atoms with van der Waals surface area (Å²) in [5.74, 6) is 1.90. The molecular formula is C15H18BrNO. The molecule has 2 rings (SSSR count). The minimum atomic E-state index is 0.466. The van der Waals surface area contributed by atoms with Crippen LogP contribution >= 0.6 is 15.9 Å². The molecule has 1 aromatic carbocycles. The second-order valence-corrected chi connectivity index (χ2v) is 5.68. The zero-order valence-corrected chi connectivity index (χ0v) is 12.5. The number of hydrogen-bond donors (Lipinski definition) is 1. The maximum absolute atomic E-state index is 5.86. The van der Waals surface area contributed by atoms with Crippen molar-refractivity contribution in [3.05, 3.63) is 46.1 Å². The van der Waals surface area contributed by atoms with E-state index in [1.54, 1.807) is 0 Å². The van der Waals surface area contributed by atoms with Crippen molar-refractivity contribution < 1.29 is 4.42 Å². The maximum atomic E-state index is 5.86. The van der Waals surface area contributed by atoms with Crippen molar-refractivity contribution in [3.8, 4) is 11.3 Å². The molecule has 2 aromatic rings. The first kappa shape index (κ1) is 13.4. The van der Waals surface area contributed by atoms with Gasteiger partial charge in [-0.3, -0.25) is 0 Å². The van der Waals surface area contributed by atoms with Crippen molar-refractivity contribution in [1.29, 1.82) is 0 Å². The summed E-state index contributed by atoms with van der Waals surface area (Å²) < 4.78 is 6.96. The lowest BCUT2D eigenvalue weighted by atomic mass is 10.1. The topological polar surface area (TPSA) is 25.2 Å². The Morgan fingerprint density at radius 1 is 1.22 bits per heavy atom. The van der Waals surface area contributed by atoms with Crippen LogP contribution in [0.25, 0.3) is 11.3 Å². The molecule has 0 radical (unpaired) electrons. The molecule has 0 saturated heterocycles. The smallest absolute Gasteiger partial charge is 0.134 e. The van der Waals surface area contributed by atoms with Crippen LogP contribution in [0.15, 0.2) is 39.2 Å². The van der Waals surface area contributed by atoms with Gasteiger partial charge in [0.15, 0.2) is 0 Å². The van der Waals surface area contributed by atoms with Gasteiger partial charge in [0.05, 0.1) is 6.54 Å². The summed E-state index contributed by atoms with van der Waals surface area (Å²) in [6.07, 6.45) is 0. The quantitative estimate of drug-likeness (QED) is 0.898. The molecule has 1 aromatic heterocycles. The van der Waals surface area contributed by atoms with Crippen LogP contribution in [0.1, 0.15) is 25.2 Å². The predicted molar refractivity (Wildman–Crippen MR) is 78.6 cm³/mol. The Morgan fingerprint density at radius 2 is 2.00 bits per heavy atom. The van der Waals surface area contributed by atoms with E-state index in [1.165, 1.54) is 5.56 Å². The van der Waals surface area contributed by atoms with Crippen LogP contribution in [0, 0.1) is 6.92 Å². The van der Waals surface area contributed by atoms with Gasteiger partial charge in [-0.1, -0.05) is 29.8 Å². The second-order valence-electron chi connectivity index (χ2n) is 4.76. The van der Waals surface area contributed by atoms with Gasteiger partial charge in [-0.05, 0) is 42.8 Å². The summed E-state index contributed by atoms with van der Waals surface area (Å²) in [5, 5.41) is 3.35. The van der Waals surface area contributed by atoms with Gasteiger partial charge < -0.3 is 9.73 Å². The molecule has 0 saturated carbocycles. The van der Waals surface area contributed by atoms with E-state index < -0.39 is 0 Å². The molecule has 18 heavy (non-hydrogen) atoms. The number of aryl methyl sites for hydroxylation is 1. The van der Waals surface area contributed by atoms with E-state index in [0.29, 0.717) is 6.04 Å². The lowest BCUT2D eigenvalue weighted by molar-refractivity contribution is 0.473. The zero-order chi connectivity index (χ0) is 13.1. The Hall–Kier alpha value is -1.06. The van der Waals surface area contributed by atoms with Crippen molar-refractivity contribution in [1.82, 2.24) is 5.32 Å². The molecule has 0 amide bonds. The standard InChI is InChI=1S/C15H18BrNO/c1-10(2)17-9-13-5-7-15(18-13)14-6-4-12(16)8-11(14)3/h4-8,10,17H,9H2,1-3H3. The van der Waals surface area contributed by atoms with Crippen LogP contribution in [0.4, 0.5) is 0 Å². The Balaban J connectivity index is 2.18. The second kappa shape index (κ2) is 5.72. The lowest BCUT2D eigenvalue weighted by Crippen LogP contribution is -2.21. The van der Waals surface area contributed by atoms with Gasteiger partial charge in [0.2, 0.25) is 0 Å². The SMILES string of the molecule is Cc1cc(Br)ccc1-c1ccc(CNC(C)C)o1. The van der Waals surface area contributed by atoms with Crippen molar-refractivity contribution in [3.63, 3.8) is 0 Å². The normalized spacial score (nSPS) is 11.2. The molecule has 0 atom stereocenters. The summed E-state index contributed by atoms with van der Waals surface area (Å²) in [4.78, 5) is 0. The fraction of sp³-hybridized carbons (Fsp3) is 0.333. The maximum Gasteiger partial charge on any atom is 0.134 e. The van der Waals surface area contributed by atoms with Gasteiger partial charge in [-0.25, -0.2) is 0 Å². The van der Waals surface area contributed by atoms with Gasteiger partial charge in [0.25, 0.3) is 0 Å². The molecule has 96 valence electrons. The molecule has 0 unspecified atom stereocenters. The predicted octanol–water partition coefficient (Wildman–Crippen LogP) is 4.52. The summed E-state index contributed by atoms with van der Waals surface area (Å²) in [6.45, 7) is 7.12. The molecule has 0 bridgehead atoms. The van der Waals surface area contributed by atoms with E-state index in [1.807, 2.05) is 18.2 Å². The number of hydrogen-bond acceptors (Lipinski definition) is 2. The van der Waals surface area contributed by atoms with Crippen LogP contribution in [0.5, 0.6) is 0 Å². The van der Waals surface area contributed by atoms with Crippen molar-refractivity contribution in [2.75, 3.05) is 0 Å². The first-order chi connectivity index (χ1) is 8.56. The van der Waals surface area contributed by atoms with Crippen molar-refractivity contribution >= 4 is 15.9 Å². The Morgan fingerprint density at radius 3 is 2.67 bits per heavy atom. The van der Waals surface area contributed by atoms with Gasteiger partial charge in [-0.15, -0.1) is 0 Å². The number of halogens is 1. The van der Waals surface area contributed by atoms with Crippen LogP contribution < -0.4 is 5.32 Å². The molecule has 2 nitrogen and oxygen atoms in total. The summed E-state index contributed by atoms with van der Waals surface area (Å²) in [7, 11) is 0. The largest absolute Gasteiger partial charge is 0.460 e. The van der Waals surface area contributed by atoms with E-state index >= 15 is 0 Å². The van der Waals surface area contributed by atoms with Crippen molar-refractivity contribution in [2.24, 2.45) is 0 Å². The number of nitrogens with one attached hydrogen (secondary N) is 1. The molecule has 0 aliphatic rings. The fourth-order valence-corrected chi connectivity index (χ4v) is 2.30. The van der Waals surface area contributed by atoms with Gasteiger partial charge in [0.1, 0.15) is 11.5 Å². The average molecular weight is 308 g/mol. The molecule has 0 aliphatic heterocycles. The summed E-state index contributed by atoms with van der Waals surface area (Å²) >= 11 is 3.47. The average Bonchev–Trinajstić information content (AvgIpc) is 2.75. The van der Waals surface area contributed by atoms with E-state index in [2.05, 4.69) is 54.2 Å². The van der Waals surface area contributed by atoms with E-state index in [-0.39, 0.29) is 0 Å². The molecule has 0 spiro atoms. The molecular weight excluding hydrogens is 290 g/mol. The molecule has 0 aliphatic carbocycles. The molecule has 1 N–H and O–H groups in total. The third-order valence-corrected chi connectivity index (χ3v) is 3.29. The minimum absolute atomic E-state index is 0.466. The first-order valence-electron chi connectivity index (χ1n) is 6.15. The Labute approximate surface area is 117 Å². The Bertz CT molecular complexity index is 531.